The van der Waals surface area contributed by atoms with Gasteiger partial charge in [0.25, 0.3) is 0 Å². The van der Waals surface area contributed by atoms with Crippen LogP contribution in [-0.4, -0.2) is 27.1 Å². The van der Waals surface area contributed by atoms with Crippen LogP contribution in [0.2, 0.25) is 0 Å². The lowest BCUT2D eigenvalue weighted by Crippen LogP contribution is -2.03. The highest BCUT2D eigenvalue weighted by Crippen LogP contribution is 2.38. The van der Waals surface area contributed by atoms with Crippen LogP contribution in [0.15, 0.2) is 53.2 Å². The summed E-state index contributed by atoms with van der Waals surface area (Å²) in [5, 5.41) is 0.726. The number of ketones is 1. The summed E-state index contributed by atoms with van der Waals surface area (Å²) in [5.74, 6) is 1.39. The zero-order chi connectivity index (χ0) is 17.8. The molecule has 1 heterocycles. The molecule has 0 aliphatic heterocycles. The molecule has 5 nitrogen and oxygen atoms in total. The molecule has 1 aromatic heterocycles. The number of furan rings is 1. The van der Waals surface area contributed by atoms with Crippen LogP contribution in [0, 0.1) is 0 Å². The van der Waals surface area contributed by atoms with Crippen molar-refractivity contribution in [2.45, 2.75) is 0 Å². The molecule has 0 aliphatic carbocycles. The summed E-state index contributed by atoms with van der Waals surface area (Å²) in [6, 6.07) is 10.9. The fraction of sp³-hybridized carbons (Fsp3) is 0.150. The van der Waals surface area contributed by atoms with Gasteiger partial charge in [-0.3, -0.25) is 4.79 Å². The van der Waals surface area contributed by atoms with E-state index in [1.54, 1.807) is 31.6 Å². The number of carbonyl (C=O) groups is 1. The van der Waals surface area contributed by atoms with Crippen LogP contribution in [0.4, 0.5) is 0 Å². The number of methoxy groups -OCH3 is 3. The lowest BCUT2D eigenvalue weighted by molar-refractivity contribution is 0.104. The molecular formula is C20H18O5. The van der Waals surface area contributed by atoms with Crippen LogP contribution in [0.1, 0.15) is 15.9 Å². The molecule has 0 saturated carbocycles. The van der Waals surface area contributed by atoms with E-state index in [-0.39, 0.29) is 5.78 Å². The Hall–Kier alpha value is -3.21. The minimum absolute atomic E-state index is 0.215. The number of allylic oxidation sites excluding steroid dienone is 1. The van der Waals surface area contributed by atoms with E-state index in [1.807, 2.05) is 24.3 Å². The van der Waals surface area contributed by atoms with Gasteiger partial charge in [-0.15, -0.1) is 0 Å². The zero-order valence-electron chi connectivity index (χ0n) is 14.2. The molecule has 0 saturated heterocycles. The number of benzene rings is 2. The summed E-state index contributed by atoms with van der Waals surface area (Å²) in [5.41, 5.74) is 1.85. The number of carbonyl (C=O) groups excluding carboxylic acids is 1. The highest BCUT2D eigenvalue weighted by molar-refractivity contribution is 6.13. The summed E-state index contributed by atoms with van der Waals surface area (Å²) in [6.07, 6.45) is 4.78. The van der Waals surface area contributed by atoms with E-state index in [0.717, 1.165) is 16.7 Å². The van der Waals surface area contributed by atoms with Gasteiger partial charge in [-0.2, -0.15) is 0 Å². The largest absolute Gasteiger partial charge is 0.497 e. The average Bonchev–Trinajstić information content (AvgIpc) is 3.13. The molecule has 0 spiro atoms. The van der Waals surface area contributed by atoms with Crippen LogP contribution in [0.3, 0.4) is 0 Å². The molecule has 0 N–H and O–H groups in total. The highest BCUT2D eigenvalue weighted by atomic mass is 16.5. The van der Waals surface area contributed by atoms with Crippen molar-refractivity contribution in [3.05, 3.63) is 59.9 Å². The van der Waals surface area contributed by atoms with Gasteiger partial charge in [0.2, 0.25) is 0 Å². The standard InChI is InChI=1S/C20H18O5/c1-22-14-7-4-13(5-8-14)6-9-16(21)19-18(23-2)12-17-15(10-11-25-17)20(19)24-3/h4-12H,1-3H3/b9-6+. The van der Waals surface area contributed by atoms with Crippen LogP contribution >= 0.6 is 0 Å². The zero-order valence-corrected chi connectivity index (χ0v) is 14.2. The topological polar surface area (TPSA) is 57.9 Å². The van der Waals surface area contributed by atoms with E-state index in [0.29, 0.717) is 22.6 Å². The van der Waals surface area contributed by atoms with E-state index < -0.39 is 0 Å². The third-order valence-electron chi connectivity index (χ3n) is 3.89. The fourth-order valence-corrected chi connectivity index (χ4v) is 2.63. The molecule has 0 atom stereocenters. The van der Waals surface area contributed by atoms with Gasteiger partial charge in [0, 0.05) is 6.07 Å². The van der Waals surface area contributed by atoms with Gasteiger partial charge < -0.3 is 18.6 Å². The Bertz CT molecular complexity index is 919. The number of hydrogen-bond donors (Lipinski definition) is 0. The lowest BCUT2D eigenvalue weighted by Gasteiger charge is -2.11. The second-order valence-electron chi connectivity index (χ2n) is 5.29. The van der Waals surface area contributed by atoms with Crippen molar-refractivity contribution in [1.29, 1.82) is 0 Å². The first kappa shape index (κ1) is 16.6. The lowest BCUT2D eigenvalue weighted by atomic mass is 10.0. The summed E-state index contributed by atoms with van der Waals surface area (Å²) in [7, 11) is 4.64. The van der Waals surface area contributed by atoms with Crippen molar-refractivity contribution in [3.63, 3.8) is 0 Å². The first-order valence-electron chi connectivity index (χ1n) is 7.66. The van der Waals surface area contributed by atoms with Crippen molar-refractivity contribution in [1.82, 2.24) is 0 Å². The molecule has 0 aliphatic rings. The van der Waals surface area contributed by atoms with Crippen LogP contribution in [-0.2, 0) is 0 Å². The summed E-state index contributed by atoms with van der Waals surface area (Å²) >= 11 is 0. The molecule has 0 bridgehead atoms. The summed E-state index contributed by atoms with van der Waals surface area (Å²) < 4.78 is 21.3. The van der Waals surface area contributed by atoms with Gasteiger partial charge in [0.05, 0.1) is 33.0 Å². The second kappa shape index (κ2) is 7.13. The van der Waals surface area contributed by atoms with Gasteiger partial charge in [0.1, 0.15) is 28.4 Å². The summed E-state index contributed by atoms with van der Waals surface area (Å²) in [4.78, 5) is 12.8. The highest BCUT2D eigenvalue weighted by Gasteiger charge is 2.21. The molecule has 2 aromatic carbocycles. The van der Waals surface area contributed by atoms with Crippen molar-refractivity contribution in [3.8, 4) is 17.2 Å². The van der Waals surface area contributed by atoms with Gasteiger partial charge >= 0.3 is 0 Å². The maximum atomic E-state index is 12.8. The average molecular weight is 338 g/mol. The normalized spacial score (nSPS) is 11.0. The van der Waals surface area contributed by atoms with Crippen LogP contribution in [0.5, 0.6) is 17.2 Å². The third-order valence-corrected chi connectivity index (χ3v) is 3.89. The van der Waals surface area contributed by atoms with E-state index in [2.05, 4.69) is 0 Å². The maximum Gasteiger partial charge on any atom is 0.193 e. The van der Waals surface area contributed by atoms with E-state index in [9.17, 15) is 4.79 Å². The molecule has 5 heteroatoms. The molecule has 0 fully saturated rings. The fourth-order valence-electron chi connectivity index (χ4n) is 2.63. The number of hydrogen-bond acceptors (Lipinski definition) is 5. The number of fused-ring (bicyclic) bond motifs is 1. The summed E-state index contributed by atoms with van der Waals surface area (Å²) in [6.45, 7) is 0. The maximum absolute atomic E-state index is 12.8. The Morgan fingerprint density at radius 2 is 1.76 bits per heavy atom. The quantitative estimate of drug-likeness (QED) is 0.494. The smallest absolute Gasteiger partial charge is 0.193 e. The van der Waals surface area contributed by atoms with Gasteiger partial charge in [-0.25, -0.2) is 0 Å². The predicted octanol–water partition coefficient (Wildman–Crippen LogP) is 4.35. The predicted molar refractivity (Wildman–Crippen MR) is 95.7 cm³/mol. The Kier molecular flexibility index (Phi) is 4.75. The van der Waals surface area contributed by atoms with Crippen molar-refractivity contribution in [2.75, 3.05) is 21.3 Å². The monoisotopic (exact) mass is 338 g/mol. The molecule has 3 rings (SSSR count). The van der Waals surface area contributed by atoms with Gasteiger partial charge in [-0.1, -0.05) is 18.2 Å². The first-order chi connectivity index (χ1) is 12.2. The van der Waals surface area contributed by atoms with Gasteiger partial charge in [-0.05, 0) is 29.8 Å². The van der Waals surface area contributed by atoms with Gasteiger partial charge in [0.15, 0.2) is 5.78 Å². The Balaban J connectivity index is 1.99. The molecule has 0 amide bonds. The van der Waals surface area contributed by atoms with Crippen molar-refractivity contribution in [2.24, 2.45) is 0 Å². The number of rotatable bonds is 6. The van der Waals surface area contributed by atoms with Crippen molar-refractivity contribution < 1.29 is 23.4 Å². The minimum atomic E-state index is -0.215. The van der Waals surface area contributed by atoms with E-state index in [4.69, 9.17) is 18.6 Å². The minimum Gasteiger partial charge on any atom is -0.497 e. The third kappa shape index (κ3) is 3.21. The number of ether oxygens (including phenoxy) is 3. The Labute approximate surface area is 145 Å². The molecule has 25 heavy (non-hydrogen) atoms. The van der Waals surface area contributed by atoms with Crippen LogP contribution in [0.25, 0.3) is 17.0 Å². The Morgan fingerprint density at radius 3 is 2.40 bits per heavy atom. The molecule has 3 aromatic rings. The molecule has 0 unspecified atom stereocenters. The van der Waals surface area contributed by atoms with Crippen molar-refractivity contribution >= 4 is 22.8 Å². The molecule has 0 radical (unpaired) electrons. The van der Waals surface area contributed by atoms with E-state index in [1.165, 1.54) is 20.3 Å². The molecular weight excluding hydrogens is 320 g/mol. The first-order valence-corrected chi connectivity index (χ1v) is 7.66. The molecule has 128 valence electrons. The Morgan fingerprint density at radius 1 is 1.00 bits per heavy atom. The van der Waals surface area contributed by atoms with E-state index >= 15 is 0 Å². The second-order valence-corrected chi connectivity index (χ2v) is 5.29. The van der Waals surface area contributed by atoms with Crippen LogP contribution < -0.4 is 14.2 Å². The SMILES string of the molecule is COc1ccc(/C=C/C(=O)c2c(OC)cc3occc3c2OC)cc1.